The summed E-state index contributed by atoms with van der Waals surface area (Å²) in [5.74, 6) is -0.115. The maximum absolute atomic E-state index is 11.7. The van der Waals surface area contributed by atoms with Gasteiger partial charge in [0.15, 0.2) is 0 Å². The van der Waals surface area contributed by atoms with Gasteiger partial charge in [-0.3, -0.25) is 4.79 Å². The number of aliphatic hydroxyl groups is 1. The molecule has 2 aromatic rings. The number of nitrogens with one attached hydrogen (secondary N) is 1. The van der Waals surface area contributed by atoms with E-state index in [0.717, 1.165) is 10.2 Å². The Labute approximate surface area is 117 Å². The van der Waals surface area contributed by atoms with Crippen LogP contribution in [0, 0.1) is 0 Å². The lowest BCUT2D eigenvalue weighted by molar-refractivity contribution is -0.115. The molecule has 0 bridgehead atoms. The van der Waals surface area contributed by atoms with Crippen molar-refractivity contribution >= 4 is 38.9 Å². The second kappa shape index (κ2) is 6.08. The Hall–Kier alpha value is -1.24. The van der Waals surface area contributed by atoms with Crippen molar-refractivity contribution in [2.45, 2.75) is 13.0 Å². The zero-order valence-electron chi connectivity index (χ0n) is 9.39. The molecule has 1 aromatic carbocycles. The molecule has 0 aliphatic rings. The van der Waals surface area contributed by atoms with E-state index in [0.29, 0.717) is 10.7 Å². The van der Waals surface area contributed by atoms with Crippen molar-refractivity contribution in [1.82, 2.24) is 4.98 Å². The normalized spacial score (nSPS) is 10.3. The van der Waals surface area contributed by atoms with E-state index in [2.05, 4.69) is 26.2 Å². The molecule has 0 spiro atoms. The van der Waals surface area contributed by atoms with Gasteiger partial charge in [0.05, 0.1) is 18.7 Å². The van der Waals surface area contributed by atoms with Crippen LogP contribution in [0.15, 0.2) is 34.1 Å². The van der Waals surface area contributed by atoms with Crippen molar-refractivity contribution in [2.24, 2.45) is 0 Å². The number of halogens is 1. The number of benzene rings is 1. The van der Waals surface area contributed by atoms with Gasteiger partial charge in [-0.2, -0.15) is 0 Å². The van der Waals surface area contributed by atoms with Gasteiger partial charge in [0.2, 0.25) is 5.91 Å². The summed E-state index contributed by atoms with van der Waals surface area (Å²) in [4.78, 5) is 15.9. The van der Waals surface area contributed by atoms with Gasteiger partial charge in [-0.05, 0) is 24.3 Å². The molecule has 2 N–H and O–H groups in total. The van der Waals surface area contributed by atoms with E-state index < -0.39 is 0 Å². The van der Waals surface area contributed by atoms with Gasteiger partial charge in [-0.25, -0.2) is 4.98 Å². The molecule has 6 heteroatoms. The molecule has 1 aromatic heterocycles. The fourth-order valence-electron chi connectivity index (χ4n) is 1.38. The van der Waals surface area contributed by atoms with Crippen molar-refractivity contribution in [3.8, 4) is 0 Å². The molecule has 1 heterocycles. The van der Waals surface area contributed by atoms with Crippen molar-refractivity contribution in [3.63, 3.8) is 0 Å². The number of anilines is 1. The molecule has 0 unspecified atom stereocenters. The first-order valence-corrected chi connectivity index (χ1v) is 6.94. The number of carbonyl (C=O) groups is 1. The first-order valence-electron chi connectivity index (χ1n) is 5.27. The van der Waals surface area contributed by atoms with Crippen LogP contribution < -0.4 is 5.32 Å². The van der Waals surface area contributed by atoms with Crippen LogP contribution in [-0.4, -0.2) is 16.0 Å². The Bertz CT molecular complexity index is 539. The van der Waals surface area contributed by atoms with Gasteiger partial charge in [-0.15, -0.1) is 11.3 Å². The molecule has 94 valence electrons. The van der Waals surface area contributed by atoms with Gasteiger partial charge in [0.1, 0.15) is 5.01 Å². The summed E-state index contributed by atoms with van der Waals surface area (Å²) in [6.45, 7) is -0.0924. The number of amides is 1. The average Bonchev–Trinajstić information content (AvgIpc) is 2.79. The molecular formula is C12H11BrN2O2S. The van der Waals surface area contributed by atoms with Crippen molar-refractivity contribution in [2.75, 3.05) is 5.32 Å². The van der Waals surface area contributed by atoms with Gasteiger partial charge >= 0.3 is 0 Å². The molecule has 0 fully saturated rings. The minimum Gasteiger partial charge on any atom is -0.390 e. The van der Waals surface area contributed by atoms with Gasteiger partial charge in [0, 0.05) is 15.5 Å². The summed E-state index contributed by atoms with van der Waals surface area (Å²) < 4.78 is 0.966. The van der Waals surface area contributed by atoms with Gasteiger partial charge in [0.25, 0.3) is 0 Å². The predicted octanol–water partition coefficient (Wildman–Crippen LogP) is 2.58. The molecule has 2 rings (SSSR count). The minimum atomic E-state index is -0.115. The second-order valence-electron chi connectivity index (χ2n) is 3.62. The molecule has 4 nitrogen and oxygen atoms in total. The highest BCUT2D eigenvalue weighted by Gasteiger charge is 2.08. The van der Waals surface area contributed by atoms with E-state index in [1.807, 2.05) is 24.3 Å². The Kier molecular flexibility index (Phi) is 4.46. The van der Waals surface area contributed by atoms with E-state index in [-0.39, 0.29) is 18.9 Å². The van der Waals surface area contributed by atoms with Crippen LogP contribution in [0.5, 0.6) is 0 Å². The van der Waals surface area contributed by atoms with Crippen LogP contribution in [0.25, 0.3) is 0 Å². The Morgan fingerprint density at radius 2 is 2.11 bits per heavy atom. The lowest BCUT2D eigenvalue weighted by Crippen LogP contribution is -2.14. The van der Waals surface area contributed by atoms with Crippen LogP contribution in [0.4, 0.5) is 5.69 Å². The maximum atomic E-state index is 11.7. The SMILES string of the molecule is O=C(Cc1nc(CO)cs1)Nc1ccc(Br)cc1. The van der Waals surface area contributed by atoms with Crippen molar-refractivity contribution in [1.29, 1.82) is 0 Å². The zero-order valence-corrected chi connectivity index (χ0v) is 11.8. The highest BCUT2D eigenvalue weighted by atomic mass is 79.9. The van der Waals surface area contributed by atoms with E-state index in [4.69, 9.17) is 5.11 Å². The summed E-state index contributed by atoms with van der Waals surface area (Å²) in [5, 5.41) is 14.1. The first-order chi connectivity index (χ1) is 8.67. The number of thiazole rings is 1. The highest BCUT2D eigenvalue weighted by Crippen LogP contribution is 2.15. The van der Waals surface area contributed by atoms with Gasteiger partial charge < -0.3 is 10.4 Å². The third-order valence-corrected chi connectivity index (χ3v) is 3.63. The van der Waals surface area contributed by atoms with Crippen LogP contribution in [0.2, 0.25) is 0 Å². The molecule has 1 amide bonds. The van der Waals surface area contributed by atoms with E-state index in [1.165, 1.54) is 11.3 Å². The number of nitrogens with zero attached hydrogens (tertiary/aromatic N) is 1. The molecule has 0 atom stereocenters. The number of aromatic nitrogens is 1. The lowest BCUT2D eigenvalue weighted by atomic mass is 10.3. The number of hydrogen-bond donors (Lipinski definition) is 2. The summed E-state index contributed by atoms with van der Waals surface area (Å²) in [6, 6.07) is 7.37. The molecular weight excluding hydrogens is 316 g/mol. The smallest absolute Gasteiger partial charge is 0.231 e. The van der Waals surface area contributed by atoms with Crippen LogP contribution in [0.3, 0.4) is 0 Å². The Morgan fingerprint density at radius 1 is 1.39 bits per heavy atom. The third kappa shape index (κ3) is 3.63. The van der Waals surface area contributed by atoms with Gasteiger partial charge in [-0.1, -0.05) is 15.9 Å². The van der Waals surface area contributed by atoms with Crippen molar-refractivity contribution < 1.29 is 9.90 Å². The second-order valence-corrected chi connectivity index (χ2v) is 5.48. The standard InChI is InChI=1S/C12H11BrN2O2S/c13-8-1-3-9(4-2-8)14-11(17)5-12-15-10(6-16)7-18-12/h1-4,7,16H,5-6H2,(H,14,17). The summed E-state index contributed by atoms with van der Waals surface area (Å²) >= 11 is 4.71. The van der Waals surface area contributed by atoms with E-state index in [9.17, 15) is 4.79 Å². The quantitative estimate of drug-likeness (QED) is 0.907. The largest absolute Gasteiger partial charge is 0.390 e. The van der Waals surface area contributed by atoms with Crippen LogP contribution in [0.1, 0.15) is 10.7 Å². The van der Waals surface area contributed by atoms with Crippen molar-refractivity contribution in [3.05, 3.63) is 44.8 Å². The van der Waals surface area contributed by atoms with E-state index in [1.54, 1.807) is 5.38 Å². The molecule has 0 saturated carbocycles. The fourth-order valence-corrected chi connectivity index (χ4v) is 2.43. The molecule has 0 radical (unpaired) electrons. The molecule has 0 saturated heterocycles. The molecule has 18 heavy (non-hydrogen) atoms. The Balaban J connectivity index is 1.94. The first kappa shape index (κ1) is 13.2. The predicted molar refractivity (Wildman–Crippen MR) is 74.5 cm³/mol. The topological polar surface area (TPSA) is 62.2 Å². The van der Waals surface area contributed by atoms with E-state index >= 15 is 0 Å². The fraction of sp³-hybridized carbons (Fsp3) is 0.167. The average molecular weight is 327 g/mol. The number of carbonyl (C=O) groups excluding carboxylic acids is 1. The maximum Gasteiger partial charge on any atom is 0.231 e. The Morgan fingerprint density at radius 3 is 2.72 bits per heavy atom. The number of hydrogen-bond acceptors (Lipinski definition) is 4. The number of aliphatic hydroxyl groups excluding tert-OH is 1. The van der Waals surface area contributed by atoms with Crippen LogP contribution in [-0.2, 0) is 17.8 Å². The highest BCUT2D eigenvalue weighted by molar-refractivity contribution is 9.10. The minimum absolute atomic E-state index is 0.0924. The monoisotopic (exact) mass is 326 g/mol. The zero-order chi connectivity index (χ0) is 13.0. The molecule has 0 aliphatic carbocycles. The summed E-state index contributed by atoms with van der Waals surface area (Å²) in [6.07, 6.45) is 0.223. The van der Waals surface area contributed by atoms with Crippen LogP contribution >= 0.6 is 27.3 Å². The number of rotatable bonds is 4. The third-order valence-electron chi connectivity index (χ3n) is 2.20. The summed E-state index contributed by atoms with van der Waals surface area (Å²) in [7, 11) is 0. The molecule has 0 aliphatic heterocycles. The summed E-state index contributed by atoms with van der Waals surface area (Å²) in [5.41, 5.74) is 1.36. The lowest BCUT2D eigenvalue weighted by Gasteiger charge is -2.03.